The van der Waals surface area contributed by atoms with E-state index < -0.39 is 18.3 Å². The lowest BCUT2D eigenvalue weighted by molar-refractivity contribution is -0.0586. The fraction of sp³-hybridized carbons (Fsp3) is 1.00. The fourth-order valence-electron chi connectivity index (χ4n) is 0.625. The highest BCUT2D eigenvalue weighted by molar-refractivity contribution is 4.71. The molecule has 0 bridgehead atoms. The van der Waals surface area contributed by atoms with Gasteiger partial charge in [-0.15, -0.1) is 0 Å². The first-order valence-electron chi connectivity index (χ1n) is 3.24. The average molecular weight is 150 g/mol. The lowest BCUT2D eigenvalue weighted by atomic mass is 10.1. The van der Waals surface area contributed by atoms with Gasteiger partial charge < -0.3 is 20.4 Å². The van der Waals surface area contributed by atoms with Crippen molar-refractivity contribution in [3.63, 3.8) is 0 Å². The van der Waals surface area contributed by atoms with Crippen LogP contribution in [0.5, 0.6) is 0 Å². The molecular formula is C6H14O4. The van der Waals surface area contributed by atoms with Crippen molar-refractivity contribution in [1.82, 2.24) is 0 Å². The van der Waals surface area contributed by atoms with Crippen molar-refractivity contribution in [2.24, 2.45) is 0 Å². The molecule has 10 heavy (non-hydrogen) atoms. The zero-order valence-electron chi connectivity index (χ0n) is 5.94. The maximum absolute atomic E-state index is 8.92. The summed E-state index contributed by atoms with van der Waals surface area (Å²) in [6.45, 7) is 1.19. The van der Waals surface area contributed by atoms with Gasteiger partial charge >= 0.3 is 0 Å². The molecule has 62 valence electrons. The summed E-state index contributed by atoms with van der Waals surface area (Å²) in [5.41, 5.74) is 0. The molecule has 0 fully saturated rings. The topological polar surface area (TPSA) is 80.9 Å². The molecule has 0 rings (SSSR count). The summed E-state index contributed by atoms with van der Waals surface area (Å²) in [6, 6.07) is 0. The van der Waals surface area contributed by atoms with Gasteiger partial charge in [0, 0.05) is 6.61 Å². The summed E-state index contributed by atoms with van der Waals surface area (Å²) in [5, 5.41) is 34.9. The second-order valence-corrected chi connectivity index (χ2v) is 2.31. The minimum Gasteiger partial charge on any atom is -0.396 e. The largest absolute Gasteiger partial charge is 0.396 e. The van der Waals surface area contributed by atoms with Crippen LogP contribution >= 0.6 is 0 Å². The Morgan fingerprint density at radius 2 is 1.70 bits per heavy atom. The van der Waals surface area contributed by atoms with Crippen molar-refractivity contribution in [2.45, 2.75) is 31.7 Å². The van der Waals surface area contributed by atoms with E-state index >= 15 is 0 Å². The van der Waals surface area contributed by atoms with E-state index in [0.717, 1.165) is 0 Å². The molecule has 0 aliphatic carbocycles. The van der Waals surface area contributed by atoms with Crippen LogP contribution in [0.15, 0.2) is 0 Å². The van der Waals surface area contributed by atoms with E-state index in [1.54, 1.807) is 0 Å². The third kappa shape index (κ3) is 3.12. The van der Waals surface area contributed by atoms with Crippen LogP contribution in [-0.4, -0.2) is 45.3 Å². The zero-order valence-corrected chi connectivity index (χ0v) is 5.94. The van der Waals surface area contributed by atoms with Crippen molar-refractivity contribution < 1.29 is 20.4 Å². The number of aliphatic hydroxyl groups is 4. The van der Waals surface area contributed by atoms with E-state index in [9.17, 15) is 0 Å². The monoisotopic (exact) mass is 150 g/mol. The predicted octanol–water partition coefficient (Wildman–Crippen LogP) is -1.53. The number of aliphatic hydroxyl groups excluding tert-OH is 4. The van der Waals surface area contributed by atoms with Gasteiger partial charge in [-0.2, -0.15) is 0 Å². The molecule has 4 heteroatoms. The predicted molar refractivity (Wildman–Crippen MR) is 35.4 cm³/mol. The Balaban J connectivity index is 3.58. The minimum atomic E-state index is -1.16. The first-order valence-corrected chi connectivity index (χ1v) is 3.24. The molecule has 4 N–H and O–H groups in total. The summed E-state index contributed by atoms with van der Waals surface area (Å²) in [6.07, 6.45) is -3.06. The van der Waals surface area contributed by atoms with Crippen molar-refractivity contribution in [2.75, 3.05) is 6.61 Å². The van der Waals surface area contributed by atoms with Gasteiger partial charge in [-0.1, -0.05) is 0 Å². The Morgan fingerprint density at radius 1 is 1.20 bits per heavy atom. The van der Waals surface area contributed by atoms with E-state index in [2.05, 4.69) is 0 Å². The van der Waals surface area contributed by atoms with Crippen LogP contribution in [0, 0.1) is 0 Å². The maximum Gasteiger partial charge on any atom is 0.105 e. The first-order chi connectivity index (χ1) is 4.59. The maximum atomic E-state index is 8.92. The molecule has 0 aromatic heterocycles. The Morgan fingerprint density at radius 3 is 2.00 bits per heavy atom. The molecule has 0 saturated carbocycles. The van der Waals surface area contributed by atoms with Crippen LogP contribution in [0.3, 0.4) is 0 Å². The Hall–Kier alpha value is -0.160. The molecule has 0 aliphatic heterocycles. The Bertz CT molecular complexity index is 83.8. The Kier molecular flexibility index (Phi) is 4.55. The van der Waals surface area contributed by atoms with E-state index in [0.29, 0.717) is 0 Å². The summed E-state index contributed by atoms with van der Waals surface area (Å²) in [4.78, 5) is 0. The third-order valence-electron chi connectivity index (χ3n) is 1.31. The minimum absolute atomic E-state index is 0.0894. The van der Waals surface area contributed by atoms with Crippen molar-refractivity contribution in [3.8, 4) is 0 Å². The smallest absolute Gasteiger partial charge is 0.105 e. The molecule has 3 atom stereocenters. The quantitative estimate of drug-likeness (QED) is 0.392. The average Bonchev–Trinajstić information content (AvgIpc) is 1.87. The molecule has 0 spiro atoms. The molecule has 0 heterocycles. The van der Waals surface area contributed by atoms with Crippen LogP contribution < -0.4 is 0 Å². The molecule has 0 aromatic carbocycles. The molecule has 4 nitrogen and oxygen atoms in total. The van der Waals surface area contributed by atoms with Crippen LogP contribution in [0.2, 0.25) is 0 Å². The van der Waals surface area contributed by atoms with Gasteiger partial charge in [-0.3, -0.25) is 0 Å². The van der Waals surface area contributed by atoms with Crippen LogP contribution in [0.25, 0.3) is 0 Å². The first kappa shape index (κ1) is 9.84. The number of rotatable bonds is 4. The van der Waals surface area contributed by atoms with Crippen molar-refractivity contribution in [3.05, 3.63) is 0 Å². The highest BCUT2D eigenvalue weighted by Crippen LogP contribution is 2.02. The molecule has 0 saturated heterocycles. The van der Waals surface area contributed by atoms with Gasteiger partial charge in [0.25, 0.3) is 0 Å². The van der Waals surface area contributed by atoms with Crippen LogP contribution in [0.1, 0.15) is 13.3 Å². The molecular weight excluding hydrogens is 136 g/mol. The lowest BCUT2D eigenvalue weighted by Crippen LogP contribution is -2.35. The SMILES string of the molecule is C[C@@H](O)[C@@H](O)[C@@H](O)CCO. The van der Waals surface area contributed by atoms with E-state index in [1.807, 2.05) is 0 Å². The van der Waals surface area contributed by atoms with Gasteiger partial charge in [0.05, 0.1) is 12.2 Å². The lowest BCUT2D eigenvalue weighted by Gasteiger charge is -2.18. The molecule has 0 amide bonds. The fourth-order valence-corrected chi connectivity index (χ4v) is 0.625. The van der Waals surface area contributed by atoms with E-state index in [-0.39, 0.29) is 13.0 Å². The summed E-state index contributed by atoms with van der Waals surface area (Å²) >= 11 is 0. The highest BCUT2D eigenvalue weighted by Gasteiger charge is 2.19. The zero-order chi connectivity index (χ0) is 8.15. The molecule has 0 radical (unpaired) electrons. The van der Waals surface area contributed by atoms with Crippen LogP contribution in [0.4, 0.5) is 0 Å². The normalized spacial score (nSPS) is 20.1. The van der Waals surface area contributed by atoms with Gasteiger partial charge in [0.15, 0.2) is 0 Å². The Labute approximate surface area is 59.7 Å². The molecule has 0 aliphatic rings. The van der Waals surface area contributed by atoms with E-state index in [1.165, 1.54) is 6.92 Å². The van der Waals surface area contributed by atoms with Crippen molar-refractivity contribution >= 4 is 0 Å². The van der Waals surface area contributed by atoms with Gasteiger partial charge in [-0.05, 0) is 13.3 Å². The standard InChI is InChI=1S/C6H14O4/c1-4(8)6(10)5(9)2-3-7/h4-10H,2-3H2,1H3/t4-,5+,6-/m1/s1. The van der Waals surface area contributed by atoms with Gasteiger partial charge in [0.1, 0.15) is 6.10 Å². The third-order valence-corrected chi connectivity index (χ3v) is 1.31. The molecule has 0 aromatic rings. The van der Waals surface area contributed by atoms with Gasteiger partial charge in [0.2, 0.25) is 0 Å². The van der Waals surface area contributed by atoms with Gasteiger partial charge in [-0.25, -0.2) is 0 Å². The summed E-state index contributed by atoms with van der Waals surface area (Å²) < 4.78 is 0. The molecule has 0 unspecified atom stereocenters. The van der Waals surface area contributed by atoms with Crippen molar-refractivity contribution in [1.29, 1.82) is 0 Å². The second-order valence-electron chi connectivity index (χ2n) is 2.31. The number of hydrogen-bond acceptors (Lipinski definition) is 4. The number of hydrogen-bond donors (Lipinski definition) is 4. The summed E-state index contributed by atoms with van der Waals surface area (Å²) in [7, 11) is 0. The second kappa shape index (κ2) is 4.62. The summed E-state index contributed by atoms with van der Waals surface area (Å²) in [5.74, 6) is 0. The van der Waals surface area contributed by atoms with E-state index in [4.69, 9.17) is 20.4 Å². The highest BCUT2D eigenvalue weighted by atomic mass is 16.4. The van der Waals surface area contributed by atoms with Crippen LogP contribution in [-0.2, 0) is 0 Å².